The summed E-state index contributed by atoms with van der Waals surface area (Å²) in [5, 5.41) is 3.22. The molecule has 0 saturated carbocycles. The monoisotopic (exact) mass is 333 g/mol. The Labute approximate surface area is 130 Å². The van der Waals surface area contributed by atoms with Gasteiger partial charge in [0.1, 0.15) is 0 Å². The summed E-state index contributed by atoms with van der Waals surface area (Å²) < 4.78 is 27.4. The lowest BCUT2D eigenvalue weighted by molar-refractivity contribution is 0.1000. The molecule has 0 bridgehead atoms. The zero-order valence-electron chi connectivity index (χ0n) is 11.7. The summed E-state index contributed by atoms with van der Waals surface area (Å²) in [6.07, 6.45) is 0.746. The summed E-state index contributed by atoms with van der Waals surface area (Å²) >= 11 is 0. The maximum Gasteiger partial charge on any atom is 0.248 e. The fraction of sp³-hybridized carbons (Fsp3) is 0.462. The van der Waals surface area contributed by atoms with Gasteiger partial charge in [-0.15, -0.1) is 12.4 Å². The molecule has 1 fully saturated rings. The van der Waals surface area contributed by atoms with E-state index in [4.69, 9.17) is 5.73 Å². The van der Waals surface area contributed by atoms with Crippen LogP contribution in [0.4, 0.5) is 0 Å². The van der Waals surface area contributed by atoms with Gasteiger partial charge in [-0.05, 0) is 43.6 Å². The first-order chi connectivity index (χ1) is 9.40. The van der Waals surface area contributed by atoms with E-state index in [0.29, 0.717) is 0 Å². The van der Waals surface area contributed by atoms with Crippen LogP contribution >= 0.6 is 12.4 Å². The molecular formula is C13H20ClN3O3S. The normalized spacial score (nSPS) is 22.3. The molecule has 4 N–H and O–H groups in total. The van der Waals surface area contributed by atoms with E-state index in [-0.39, 0.29) is 34.8 Å². The van der Waals surface area contributed by atoms with Gasteiger partial charge < -0.3 is 11.1 Å². The van der Waals surface area contributed by atoms with Crippen LogP contribution in [-0.2, 0) is 10.0 Å². The topological polar surface area (TPSA) is 101 Å². The third kappa shape index (κ3) is 4.41. The average Bonchev–Trinajstić information content (AvgIpc) is 2.41. The number of benzene rings is 1. The van der Waals surface area contributed by atoms with Crippen LogP contribution in [-0.4, -0.2) is 33.5 Å². The fourth-order valence-electron chi connectivity index (χ4n) is 2.27. The molecule has 1 aliphatic rings. The number of nitrogens with two attached hydrogens (primary N) is 1. The number of halogens is 1. The second kappa shape index (κ2) is 7.22. The van der Waals surface area contributed by atoms with E-state index in [1.54, 1.807) is 0 Å². The lowest BCUT2D eigenvalue weighted by Gasteiger charge is -2.29. The van der Waals surface area contributed by atoms with Crippen molar-refractivity contribution in [2.45, 2.75) is 24.3 Å². The van der Waals surface area contributed by atoms with E-state index in [1.165, 1.54) is 24.3 Å². The number of hydrogen-bond donors (Lipinski definition) is 3. The number of amides is 1. The molecule has 1 heterocycles. The minimum Gasteiger partial charge on any atom is -0.366 e. The molecule has 1 aromatic carbocycles. The van der Waals surface area contributed by atoms with Crippen LogP contribution in [0.15, 0.2) is 29.2 Å². The lowest BCUT2D eigenvalue weighted by atomic mass is 9.97. The van der Waals surface area contributed by atoms with Gasteiger partial charge in [0.25, 0.3) is 0 Å². The van der Waals surface area contributed by atoms with Gasteiger partial charge in [-0.25, -0.2) is 13.1 Å². The van der Waals surface area contributed by atoms with Crippen molar-refractivity contribution in [3.8, 4) is 0 Å². The molecule has 118 valence electrons. The Balaban J connectivity index is 0.00000220. The van der Waals surface area contributed by atoms with E-state index in [0.717, 1.165) is 19.5 Å². The smallest absolute Gasteiger partial charge is 0.248 e. The molecule has 0 aliphatic carbocycles. The maximum atomic E-state index is 12.3. The highest BCUT2D eigenvalue weighted by molar-refractivity contribution is 7.89. The van der Waals surface area contributed by atoms with Gasteiger partial charge in [-0.2, -0.15) is 0 Å². The van der Waals surface area contributed by atoms with Gasteiger partial charge in [0.15, 0.2) is 0 Å². The summed E-state index contributed by atoms with van der Waals surface area (Å²) in [5.74, 6) is -0.421. The highest BCUT2D eigenvalue weighted by Gasteiger charge is 2.26. The van der Waals surface area contributed by atoms with Gasteiger partial charge in [0.2, 0.25) is 15.9 Å². The maximum absolute atomic E-state index is 12.3. The summed E-state index contributed by atoms with van der Waals surface area (Å²) in [6, 6.07) is 5.67. The van der Waals surface area contributed by atoms with Crippen LogP contribution in [0.25, 0.3) is 0 Å². The first-order valence-corrected chi connectivity index (χ1v) is 8.01. The van der Waals surface area contributed by atoms with Gasteiger partial charge in [-0.3, -0.25) is 4.79 Å². The fourth-order valence-corrected chi connectivity index (χ4v) is 3.70. The Bertz CT molecular complexity index is 606. The first kappa shape index (κ1) is 17.9. The number of nitrogens with one attached hydrogen (secondary N) is 2. The first-order valence-electron chi connectivity index (χ1n) is 6.53. The van der Waals surface area contributed by atoms with Crippen molar-refractivity contribution in [2.24, 2.45) is 11.7 Å². The second-order valence-electron chi connectivity index (χ2n) is 5.09. The quantitative estimate of drug-likeness (QED) is 0.746. The predicted molar refractivity (Wildman–Crippen MR) is 83.0 cm³/mol. The zero-order chi connectivity index (χ0) is 14.8. The van der Waals surface area contributed by atoms with Crippen LogP contribution in [0.5, 0.6) is 0 Å². The van der Waals surface area contributed by atoms with Crippen molar-refractivity contribution in [2.75, 3.05) is 13.1 Å². The molecule has 0 aromatic heterocycles. The number of primary amides is 1. The van der Waals surface area contributed by atoms with E-state index in [1.807, 2.05) is 6.92 Å². The Morgan fingerprint density at radius 3 is 2.76 bits per heavy atom. The average molecular weight is 334 g/mol. The Kier molecular flexibility index (Phi) is 6.15. The molecule has 1 amide bonds. The number of sulfonamides is 1. The third-order valence-electron chi connectivity index (χ3n) is 3.52. The Morgan fingerprint density at radius 1 is 1.43 bits per heavy atom. The summed E-state index contributed by atoms with van der Waals surface area (Å²) in [5.41, 5.74) is 5.36. The van der Waals surface area contributed by atoms with E-state index in [9.17, 15) is 13.2 Å². The summed E-state index contributed by atoms with van der Waals surface area (Å²) in [7, 11) is -3.63. The molecule has 2 rings (SSSR count). The molecule has 6 nitrogen and oxygen atoms in total. The molecule has 1 aliphatic heterocycles. The number of carbonyl (C=O) groups is 1. The van der Waals surface area contributed by atoms with E-state index < -0.39 is 15.9 Å². The van der Waals surface area contributed by atoms with Crippen molar-refractivity contribution in [3.63, 3.8) is 0 Å². The number of carbonyl (C=O) groups excluding carboxylic acids is 1. The second-order valence-corrected chi connectivity index (χ2v) is 6.80. The summed E-state index contributed by atoms with van der Waals surface area (Å²) in [6.45, 7) is 3.58. The van der Waals surface area contributed by atoms with E-state index >= 15 is 0 Å². The van der Waals surface area contributed by atoms with Crippen molar-refractivity contribution >= 4 is 28.3 Å². The molecule has 21 heavy (non-hydrogen) atoms. The van der Waals surface area contributed by atoms with Gasteiger partial charge in [-0.1, -0.05) is 13.0 Å². The minimum atomic E-state index is -3.63. The lowest BCUT2D eigenvalue weighted by Crippen LogP contribution is -2.48. The number of rotatable bonds is 4. The van der Waals surface area contributed by atoms with Gasteiger partial charge in [0.05, 0.1) is 4.90 Å². The SMILES string of the molecule is CC1CNCCC1NS(=O)(=O)c1cccc(C(N)=O)c1.Cl. The molecule has 0 spiro atoms. The van der Waals surface area contributed by atoms with Crippen LogP contribution in [0, 0.1) is 5.92 Å². The van der Waals surface area contributed by atoms with Crippen LogP contribution in [0.2, 0.25) is 0 Å². The molecular weight excluding hydrogens is 314 g/mol. The molecule has 1 saturated heterocycles. The van der Waals surface area contributed by atoms with Crippen LogP contribution < -0.4 is 15.8 Å². The largest absolute Gasteiger partial charge is 0.366 e. The molecule has 8 heteroatoms. The van der Waals surface area contributed by atoms with Crippen molar-refractivity contribution in [1.29, 1.82) is 0 Å². The number of hydrogen-bond acceptors (Lipinski definition) is 4. The highest BCUT2D eigenvalue weighted by Crippen LogP contribution is 2.16. The summed E-state index contributed by atoms with van der Waals surface area (Å²) in [4.78, 5) is 11.2. The molecule has 0 radical (unpaired) electrons. The third-order valence-corrected chi connectivity index (χ3v) is 5.01. The number of piperidine rings is 1. The zero-order valence-corrected chi connectivity index (χ0v) is 13.3. The predicted octanol–water partition coefficient (Wildman–Crippen LogP) is 0.484. The Hall–Kier alpha value is -1.15. The Morgan fingerprint density at radius 2 is 2.14 bits per heavy atom. The van der Waals surface area contributed by atoms with Crippen molar-refractivity contribution in [1.82, 2.24) is 10.0 Å². The highest BCUT2D eigenvalue weighted by atomic mass is 35.5. The van der Waals surface area contributed by atoms with Gasteiger partial charge >= 0.3 is 0 Å². The van der Waals surface area contributed by atoms with Crippen LogP contribution in [0.1, 0.15) is 23.7 Å². The van der Waals surface area contributed by atoms with Crippen molar-refractivity contribution < 1.29 is 13.2 Å². The van der Waals surface area contributed by atoms with Gasteiger partial charge in [0, 0.05) is 11.6 Å². The van der Waals surface area contributed by atoms with Crippen LogP contribution in [0.3, 0.4) is 0 Å². The molecule has 2 atom stereocenters. The molecule has 2 unspecified atom stereocenters. The minimum absolute atomic E-state index is 0. The van der Waals surface area contributed by atoms with E-state index in [2.05, 4.69) is 10.0 Å². The molecule has 1 aromatic rings. The standard InChI is InChI=1S/C13H19N3O3S.ClH/c1-9-8-15-6-5-12(9)16-20(18,19)11-4-2-3-10(7-11)13(14)17;/h2-4,7,9,12,15-16H,5-6,8H2,1H3,(H2,14,17);1H. The van der Waals surface area contributed by atoms with Crippen molar-refractivity contribution in [3.05, 3.63) is 29.8 Å².